The molecule has 0 spiro atoms. The number of rotatable bonds is 5. The summed E-state index contributed by atoms with van der Waals surface area (Å²) in [6.07, 6.45) is 1.36. The van der Waals surface area contributed by atoms with Crippen LogP contribution in [0.15, 0.2) is 65.4 Å². The molecule has 0 bridgehead atoms. The Bertz CT molecular complexity index is 1050. The molecule has 7 nitrogen and oxygen atoms in total. The van der Waals surface area contributed by atoms with Crippen LogP contribution in [0.3, 0.4) is 0 Å². The van der Waals surface area contributed by atoms with E-state index >= 15 is 0 Å². The monoisotopic (exact) mass is 405 g/mol. The predicted molar refractivity (Wildman–Crippen MR) is 111 cm³/mol. The Morgan fingerprint density at radius 3 is 2.70 bits per heavy atom. The zero-order valence-corrected chi connectivity index (χ0v) is 16.9. The third kappa shape index (κ3) is 3.91. The van der Waals surface area contributed by atoms with E-state index < -0.39 is 6.04 Å². The van der Waals surface area contributed by atoms with Gasteiger partial charge in [-0.3, -0.25) is 9.59 Å². The largest absolute Gasteiger partial charge is 0.488 e. The fraction of sp³-hybridized carbons (Fsp3) is 0.261. The van der Waals surface area contributed by atoms with Crippen molar-refractivity contribution in [3.05, 3.63) is 72.2 Å². The molecule has 7 heteroatoms. The first-order valence-corrected chi connectivity index (χ1v) is 9.81. The highest BCUT2D eigenvalue weighted by Gasteiger charge is 2.42. The van der Waals surface area contributed by atoms with Crippen molar-refractivity contribution in [2.75, 3.05) is 13.6 Å². The lowest BCUT2D eigenvalue weighted by atomic mass is 10.1. The van der Waals surface area contributed by atoms with Crippen LogP contribution in [0.25, 0.3) is 11.3 Å². The summed E-state index contributed by atoms with van der Waals surface area (Å²) >= 11 is 0. The van der Waals surface area contributed by atoms with Crippen LogP contribution in [0.4, 0.5) is 0 Å². The number of hydrogen-bond acceptors (Lipinski definition) is 5. The van der Waals surface area contributed by atoms with Gasteiger partial charge in [0.25, 0.3) is 5.91 Å². The number of amides is 2. The molecule has 1 N–H and O–H groups in total. The standard InChI is InChI=1S/C23H23N3O4/c1-15-7-6-8-16(11-15)21-20(25-14-29-21)23(28)26-13-18(12-19(26)22(27)24-2)30-17-9-4-3-5-10-17/h3-11,14,18-19H,12-13H2,1-2H3,(H,24,27)/t18-,19-/m0/s1. The van der Waals surface area contributed by atoms with Crippen LogP contribution in [0.2, 0.25) is 0 Å². The zero-order chi connectivity index (χ0) is 21.1. The highest BCUT2D eigenvalue weighted by Crippen LogP contribution is 2.29. The SMILES string of the molecule is CNC(=O)[C@@H]1C[C@H](Oc2ccccc2)CN1C(=O)c1ncoc1-c1cccc(C)c1. The van der Waals surface area contributed by atoms with Crippen LogP contribution in [0.5, 0.6) is 5.75 Å². The van der Waals surface area contributed by atoms with Crippen molar-refractivity contribution in [2.45, 2.75) is 25.5 Å². The second kappa shape index (κ2) is 8.41. The molecule has 0 saturated carbocycles. The lowest BCUT2D eigenvalue weighted by Crippen LogP contribution is -2.45. The molecule has 0 unspecified atom stereocenters. The summed E-state index contributed by atoms with van der Waals surface area (Å²) in [5.41, 5.74) is 2.00. The van der Waals surface area contributed by atoms with Crippen molar-refractivity contribution in [1.29, 1.82) is 0 Å². The van der Waals surface area contributed by atoms with E-state index in [4.69, 9.17) is 9.15 Å². The first kappa shape index (κ1) is 19.7. The van der Waals surface area contributed by atoms with Crippen LogP contribution >= 0.6 is 0 Å². The van der Waals surface area contributed by atoms with Gasteiger partial charge in [-0.25, -0.2) is 4.98 Å². The quantitative estimate of drug-likeness (QED) is 0.705. The molecule has 3 aromatic rings. The third-order valence-electron chi connectivity index (χ3n) is 5.17. The lowest BCUT2D eigenvalue weighted by Gasteiger charge is -2.22. The van der Waals surface area contributed by atoms with E-state index in [1.807, 2.05) is 61.5 Å². The Kier molecular flexibility index (Phi) is 5.52. The van der Waals surface area contributed by atoms with Gasteiger partial charge in [0.15, 0.2) is 17.8 Å². The molecule has 1 aromatic heterocycles. The summed E-state index contributed by atoms with van der Waals surface area (Å²) in [7, 11) is 1.56. The average Bonchev–Trinajstić information content (AvgIpc) is 3.41. The van der Waals surface area contributed by atoms with Crippen LogP contribution in [0.1, 0.15) is 22.5 Å². The maximum atomic E-state index is 13.4. The van der Waals surface area contributed by atoms with Crippen molar-refractivity contribution < 1.29 is 18.7 Å². The molecule has 0 aliphatic carbocycles. The summed E-state index contributed by atoms with van der Waals surface area (Å²) < 4.78 is 11.6. The Hall–Kier alpha value is -3.61. The van der Waals surface area contributed by atoms with Crippen LogP contribution < -0.4 is 10.1 Å². The van der Waals surface area contributed by atoms with E-state index in [0.717, 1.165) is 11.1 Å². The van der Waals surface area contributed by atoms with E-state index in [1.165, 1.54) is 11.3 Å². The minimum absolute atomic E-state index is 0.190. The number of hydrogen-bond donors (Lipinski definition) is 1. The maximum Gasteiger partial charge on any atom is 0.277 e. The predicted octanol–water partition coefficient (Wildman–Crippen LogP) is 3.06. The number of oxazole rings is 1. The molecular weight excluding hydrogens is 382 g/mol. The first-order chi connectivity index (χ1) is 14.6. The molecule has 2 amide bonds. The molecule has 1 saturated heterocycles. The Labute approximate surface area is 174 Å². The Balaban J connectivity index is 1.60. The normalized spacial score (nSPS) is 18.3. The number of nitrogens with one attached hydrogen (secondary N) is 1. The molecular formula is C23H23N3O4. The molecule has 1 aliphatic heterocycles. The molecule has 1 fully saturated rings. The van der Waals surface area contributed by atoms with Crippen LogP contribution in [0, 0.1) is 6.92 Å². The highest BCUT2D eigenvalue weighted by atomic mass is 16.5. The van der Waals surface area contributed by atoms with Gasteiger partial charge in [-0.15, -0.1) is 0 Å². The van der Waals surface area contributed by atoms with Gasteiger partial charge < -0.3 is 19.4 Å². The van der Waals surface area contributed by atoms with Gasteiger partial charge in [-0.2, -0.15) is 0 Å². The number of carbonyl (C=O) groups excluding carboxylic acids is 2. The Morgan fingerprint density at radius 1 is 1.17 bits per heavy atom. The second-order valence-corrected chi connectivity index (χ2v) is 7.28. The second-order valence-electron chi connectivity index (χ2n) is 7.28. The minimum Gasteiger partial charge on any atom is -0.488 e. The van der Waals surface area contributed by atoms with Gasteiger partial charge >= 0.3 is 0 Å². The molecule has 2 heterocycles. The molecule has 0 radical (unpaired) electrons. The number of aromatic nitrogens is 1. The van der Waals surface area contributed by atoms with E-state index in [9.17, 15) is 9.59 Å². The number of benzene rings is 2. The maximum absolute atomic E-state index is 13.4. The number of carbonyl (C=O) groups is 2. The number of likely N-dealkylation sites (N-methyl/N-ethyl adjacent to an activating group) is 1. The van der Waals surface area contributed by atoms with Gasteiger partial charge in [0.1, 0.15) is 17.9 Å². The number of likely N-dealkylation sites (tertiary alicyclic amines) is 1. The molecule has 2 atom stereocenters. The number of para-hydroxylation sites is 1. The van der Waals surface area contributed by atoms with Crippen molar-refractivity contribution in [1.82, 2.24) is 15.2 Å². The number of ether oxygens (including phenoxy) is 1. The summed E-state index contributed by atoms with van der Waals surface area (Å²) in [5, 5.41) is 2.64. The van der Waals surface area contributed by atoms with Gasteiger partial charge in [0.05, 0.1) is 6.54 Å². The van der Waals surface area contributed by atoms with Crippen molar-refractivity contribution >= 4 is 11.8 Å². The molecule has 1 aliphatic rings. The first-order valence-electron chi connectivity index (χ1n) is 9.81. The minimum atomic E-state index is -0.640. The van der Waals surface area contributed by atoms with Gasteiger partial charge in [-0.05, 0) is 25.1 Å². The van der Waals surface area contributed by atoms with E-state index in [0.29, 0.717) is 17.9 Å². The van der Waals surface area contributed by atoms with Crippen molar-refractivity contribution in [3.63, 3.8) is 0 Å². The van der Waals surface area contributed by atoms with Crippen LogP contribution in [-0.4, -0.2) is 47.4 Å². The van der Waals surface area contributed by atoms with Crippen molar-refractivity contribution in [2.24, 2.45) is 0 Å². The van der Waals surface area contributed by atoms with E-state index in [-0.39, 0.29) is 30.2 Å². The Morgan fingerprint density at radius 2 is 1.97 bits per heavy atom. The van der Waals surface area contributed by atoms with Gasteiger partial charge in [-0.1, -0.05) is 42.0 Å². The number of aryl methyl sites for hydroxylation is 1. The summed E-state index contributed by atoms with van der Waals surface area (Å²) in [6, 6.07) is 16.4. The van der Waals surface area contributed by atoms with Crippen molar-refractivity contribution in [3.8, 4) is 17.1 Å². The lowest BCUT2D eigenvalue weighted by molar-refractivity contribution is -0.124. The fourth-order valence-electron chi connectivity index (χ4n) is 3.74. The summed E-state index contributed by atoms with van der Waals surface area (Å²) in [4.78, 5) is 31.6. The van der Waals surface area contributed by atoms with Gasteiger partial charge in [0.2, 0.25) is 5.91 Å². The molecule has 4 rings (SSSR count). The average molecular weight is 405 g/mol. The molecule has 2 aromatic carbocycles. The topological polar surface area (TPSA) is 84.7 Å². The zero-order valence-electron chi connectivity index (χ0n) is 16.9. The molecule has 154 valence electrons. The third-order valence-corrected chi connectivity index (χ3v) is 5.17. The summed E-state index contributed by atoms with van der Waals surface area (Å²) in [6.45, 7) is 2.25. The number of nitrogens with zero attached hydrogens (tertiary/aromatic N) is 2. The smallest absolute Gasteiger partial charge is 0.277 e. The fourth-order valence-corrected chi connectivity index (χ4v) is 3.74. The van der Waals surface area contributed by atoms with E-state index in [2.05, 4.69) is 10.3 Å². The summed E-state index contributed by atoms with van der Waals surface area (Å²) in [5.74, 6) is 0.511. The van der Waals surface area contributed by atoms with Crippen LogP contribution in [-0.2, 0) is 4.79 Å². The molecule has 30 heavy (non-hydrogen) atoms. The van der Waals surface area contributed by atoms with E-state index in [1.54, 1.807) is 7.05 Å². The van der Waals surface area contributed by atoms with Gasteiger partial charge in [0, 0.05) is 19.0 Å². The highest BCUT2D eigenvalue weighted by molar-refractivity contribution is 6.00.